The third kappa shape index (κ3) is 2.59. The summed E-state index contributed by atoms with van der Waals surface area (Å²) in [5.41, 5.74) is 2.21. The lowest BCUT2D eigenvalue weighted by Gasteiger charge is -2.04. The maximum atomic E-state index is 12.1. The molecule has 2 heterocycles. The van der Waals surface area contributed by atoms with E-state index >= 15 is 0 Å². The first-order chi connectivity index (χ1) is 8.61. The Morgan fingerprint density at radius 2 is 2.22 bits per heavy atom. The number of anilines is 1. The summed E-state index contributed by atoms with van der Waals surface area (Å²) in [6.07, 6.45) is 2.64. The number of nitrogens with zero attached hydrogens (tertiary/aromatic N) is 1. The normalized spacial score (nSPS) is 10.4. The SMILES string of the molecule is CCc1cc(C(=O)Nc2ncccc2C)sc1C. The highest BCUT2D eigenvalue weighted by molar-refractivity contribution is 7.14. The molecule has 0 unspecified atom stereocenters. The van der Waals surface area contributed by atoms with Crippen molar-refractivity contribution in [3.63, 3.8) is 0 Å². The quantitative estimate of drug-likeness (QED) is 0.916. The van der Waals surface area contributed by atoms with E-state index in [9.17, 15) is 4.79 Å². The average molecular weight is 260 g/mol. The van der Waals surface area contributed by atoms with Crippen LogP contribution >= 0.6 is 11.3 Å². The van der Waals surface area contributed by atoms with Gasteiger partial charge in [-0.3, -0.25) is 4.79 Å². The number of amides is 1. The summed E-state index contributed by atoms with van der Waals surface area (Å²) in [5.74, 6) is 0.552. The van der Waals surface area contributed by atoms with Crippen LogP contribution in [0.5, 0.6) is 0 Å². The number of hydrogen-bond donors (Lipinski definition) is 1. The number of rotatable bonds is 3. The molecule has 0 radical (unpaired) electrons. The van der Waals surface area contributed by atoms with Crippen LogP contribution in [0.1, 0.15) is 32.6 Å². The zero-order valence-corrected chi connectivity index (χ0v) is 11.6. The van der Waals surface area contributed by atoms with Crippen LogP contribution in [0.2, 0.25) is 0 Å². The van der Waals surface area contributed by atoms with Gasteiger partial charge in [0.25, 0.3) is 5.91 Å². The molecule has 2 rings (SSSR count). The van der Waals surface area contributed by atoms with Crippen molar-refractivity contribution in [2.45, 2.75) is 27.2 Å². The molecule has 0 aliphatic heterocycles. The van der Waals surface area contributed by atoms with Gasteiger partial charge in [0.1, 0.15) is 5.82 Å². The van der Waals surface area contributed by atoms with E-state index in [1.165, 1.54) is 21.8 Å². The Hall–Kier alpha value is -1.68. The van der Waals surface area contributed by atoms with Crippen molar-refractivity contribution in [3.8, 4) is 0 Å². The van der Waals surface area contributed by atoms with Crippen LogP contribution in [0.15, 0.2) is 24.4 Å². The van der Waals surface area contributed by atoms with Crippen molar-refractivity contribution in [2.24, 2.45) is 0 Å². The molecule has 0 aliphatic rings. The molecule has 0 bridgehead atoms. The minimum absolute atomic E-state index is 0.0791. The Morgan fingerprint density at radius 1 is 1.44 bits per heavy atom. The minimum atomic E-state index is -0.0791. The second kappa shape index (κ2) is 5.31. The molecule has 2 aromatic heterocycles. The predicted octanol–water partition coefficient (Wildman–Crippen LogP) is 3.57. The van der Waals surface area contributed by atoms with Crippen molar-refractivity contribution in [3.05, 3.63) is 45.3 Å². The molecule has 4 heteroatoms. The number of carbonyl (C=O) groups is 1. The molecule has 3 nitrogen and oxygen atoms in total. The van der Waals surface area contributed by atoms with E-state index in [0.29, 0.717) is 5.82 Å². The summed E-state index contributed by atoms with van der Waals surface area (Å²) in [7, 11) is 0. The molecule has 18 heavy (non-hydrogen) atoms. The molecule has 0 spiro atoms. The minimum Gasteiger partial charge on any atom is -0.306 e. The van der Waals surface area contributed by atoms with Crippen molar-refractivity contribution in [1.82, 2.24) is 4.98 Å². The molecule has 0 aliphatic carbocycles. The molecule has 2 aromatic rings. The fraction of sp³-hybridized carbons (Fsp3) is 0.286. The number of carbonyl (C=O) groups excluding carboxylic acids is 1. The highest BCUT2D eigenvalue weighted by atomic mass is 32.1. The largest absolute Gasteiger partial charge is 0.306 e. The second-order valence-electron chi connectivity index (χ2n) is 4.17. The van der Waals surface area contributed by atoms with Crippen molar-refractivity contribution >= 4 is 23.1 Å². The van der Waals surface area contributed by atoms with Gasteiger partial charge in [-0.15, -0.1) is 11.3 Å². The number of hydrogen-bond acceptors (Lipinski definition) is 3. The predicted molar refractivity (Wildman–Crippen MR) is 75.4 cm³/mol. The van der Waals surface area contributed by atoms with Crippen LogP contribution in [0.25, 0.3) is 0 Å². The summed E-state index contributed by atoms with van der Waals surface area (Å²) < 4.78 is 0. The highest BCUT2D eigenvalue weighted by Gasteiger charge is 2.12. The van der Waals surface area contributed by atoms with Crippen LogP contribution in [-0.2, 0) is 6.42 Å². The van der Waals surface area contributed by atoms with E-state index in [-0.39, 0.29) is 5.91 Å². The van der Waals surface area contributed by atoms with E-state index in [1.807, 2.05) is 32.0 Å². The van der Waals surface area contributed by atoms with E-state index < -0.39 is 0 Å². The van der Waals surface area contributed by atoms with Gasteiger partial charge in [0.2, 0.25) is 0 Å². The fourth-order valence-electron chi connectivity index (χ4n) is 1.77. The molecule has 0 atom stereocenters. The number of pyridine rings is 1. The maximum Gasteiger partial charge on any atom is 0.266 e. The zero-order valence-electron chi connectivity index (χ0n) is 10.8. The van der Waals surface area contributed by atoms with Crippen molar-refractivity contribution < 1.29 is 4.79 Å². The van der Waals surface area contributed by atoms with Gasteiger partial charge in [-0.1, -0.05) is 13.0 Å². The van der Waals surface area contributed by atoms with Gasteiger partial charge >= 0.3 is 0 Å². The lowest BCUT2D eigenvalue weighted by Crippen LogP contribution is -2.12. The summed E-state index contributed by atoms with van der Waals surface area (Å²) in [4.78, 5) is 18.2. The zero-order chi connectivity index (χ0) is 13.1. The van der Waals surface area contributed by atoms with Gasteiger partial charge in [0.05, 0.1) is 4.88 Å². The molecule has 1 amide bonds. The topological polar surface area (TPSA) is 42.0 Å². The smallest absolute Gasteiger partial charge is 0.266 e. The average Bonchev–Trinajstić information content (AvgIpc) is 2.73. The molecule has 0 saturated heterocycles. The lowest BCUT2D eigenvalue weighted by atomic mass is 10.2. The van der Waals surface area contributed by atoms with Crippen LogP contribution in [-0.4, -0.2) is 10.9 Å². The number of aryl methyl sites for hydroxylation is 3. The van der Waals surface area contributed by atoms with Gasteiger partial charge in [-0.2, -0.15) is 0 Å². The van der Waals surface area contributed by atoms with Crippen LogP contribution < -0.4 is 5.32 Å². The first-order valence-electron chi connectivity index (χ1n) is 5.94. The Morgan fingerprint density at radius 3 is 2.83 bits per heavy atom. The molecule has 1 N–H and O–H groups in total. The molecule has 94 valence electrons. The summed E-state index contributed by atoms with van der Waals surface area (Å²) >= 11 is 1.53. The fourth-order valence-corrected chi connectivity index (χ4v) is 2.78. The van der Waals surface area contributed by atoms with Gasteiger partial charge in [-0.05, 0) is 43.5 Å². The molecule has 0 fully saturated rings. The number of thiophene rings is 1. The molecular weight excluding hydrogens is 244 g/mol. The first-order valence-corrected chi connectivity index (χ1v) is 6.75. The van der Waals surface area contributed by atoms with E-state index in [4.69, 9.17) is 0 Å². The molecular formula is C14H16N2OS. The maximum absolute atomic E-state index is 12.1. The van der Waals surface area contributed by atoms with E-state index in [0.717, 1.165) is 16.9 Å². The first kappa shape index (κ1) is 12.8. The highest BCUT2D eigenvalue weighted by Crippen LogP contribution is 2.23. The molecule has 0 saturated carbocycles. The summed E-state index contributed by atoms with van der Waals surface area (Å²) in [6, 6.07) is 5.75. The third-order valence-electron chi connectivity index (χ3n) is 2.87. The third-order valence-corrected chi connectivity index (χ3v) is 3.96. The Kier molecular flexibility index (Phi) is 3.77. The Labute approximate surface area is 111 Å². The summed E-state index contributed by atoms with van der Waals surface area (Å²) in [6.45, 7) is 6.08. The second-order valence-corrected chi connectivity index (χ2v) is 5.42. The summed E-state index contributed by atoms with van der Waals surface area (Å²) in [5, 5.41) is 2.85. The van der Waals surface area contributed by atoms with Crippen LogP contribution in [0, 0.1) is 13.8 Å². The van der Waals surface area contributed by atoms with E-state index in [2.05, 4.69) is 17.2 Å². The van der Waals surface area contributed by atoms with Crippen LogP contribution in [0.3, 0.4) is 0 Å². The standard InChI is InChI=1S/C14H16N2OS/c1-4-11-8-12(18-10(11)3)14(17)16-13-9(2)6-5-7-15-13/h5-8H,4H2,1-3H3,(H,15,16,17). The van der Waals surface area contributed by atoms with Gasteiger partial charge < -0.3 is 5.32 Å². The Balaban J connectivity index is 2.19. The van der Waals surface area contributed by atoms with Gasteiger partial charge in [-0.25, -0.2) is 4.98 Å². The lowest BCUT2D eigenvalue weighted by molar-refractivity contribution is 0.103. The number of nitrogens with one attached hydrogen (secondary N) is 1. The van der Waals surface area contributed by atoms with Crippen molar-refractivity contribution in [1.29, 1.82) is 0 Å². The molecule has 0 aromatic carbocycles. The Bertz CT molecular complexity index is 575. The van der Waals surface area contributed by atoms with Crippen molar-refractivity contribution in [2.75, 3.05) is 5.32 Å². The van der Waals surface area contributed by atoms with E-state index in [1.54, 1.807) is 6.20 Å². The van der Waals surface area contributed by atoms with Gasteiger partial charge in [0.15, 0.2) is 0 Å². The number of aromatic nitrogens is 1. The van der Waals surface area contributed by atoms with Gasteiger partial charge in [0, 0.05) is 11.1 Å². The van der Waals surface area contributed by atoms with Crippen LogP contribution in [0.4, 0.5) is 5.82 Å². The monoisotopic (exact) mass is 260 g/mol.